The third kappa shape index (κ3) is 6.94. The molecule has 0 aliphatic rings. The van der Waals surface area contributed by atoms with Crippen molar-refractivity contribution in [2.24, 2.45) is 0 Å². The number of aliphatic carboxylic acids is 1. The number of amides is 1. The third-order valence-corrected chi connectivity index (χ3v) is 2.30. The topological polar surface area (TPSA) is 69.6 Å². The Kier molecular flexibility index (Phi) is 6.16. The van der Waals surface area contributed by atoms with Crippen LogP contribution in [0, 0.1) is 0 Å². The van der Waals surface area contributed by atoms with Crippen LogP contribution in [0.1, 0.15) is 41.0 Å². The monoisotopic (exact) mass is 244 g/mol. The number of carboxylic acid groups (broad SMARTS) is 1. The van der Waals surface area contributed by atoms with E-state index in [0.29, 0.717) is 19.0 Å². The molecule has 0 unspecified atom stereocenters. The summed E-state index contributed by atoms with van der Waals surface area (Å²) in [7, 11) is 0. The molecule has 5 nitrogen and oxygen atoms in total. The highest BCUT2D eigenvalue weighted by Gasteiger charge is 2.27. The number of rotatable bonds is 6. The molecule has 0 bridgehead atoms. The maximum absolute atomic E-state index is 11.9. The SMILES string of the molecule is CC(C)NCCC(=O)N(CC(=O)O)C(C)(C)C. The van der Waals surface area contributed by atoms with E-state index < -0.39 is 11.5 Å². The first-order valence-corrected chi connectivity index (χ1v) is 5.90. The van der Waals surface area contributed by atoms with E-state index >= 15 is 0 Å². The lowest BCUT2D eigenvalue weighted by Crippen LogP contribution is -2.49. The fourth-order valence-corrected chi connectivity index (χ4v) is 1.44. The minimum Gasteiger partial charge on any atom is -0.480 e. The van der Waals surface area contributed by atoms with E-state index in [1.165, 1.54) is 4.90 Å². The van der Waals surface area contributed by atoms with Gasteiger partial charge in [-0.3, -0.25) is 9.59 Å². The van der Waals surface area contributed by atoms with Crippen molar-refractivity contribution in [1.29, 1.82) is 0 Å². The molecule has 0 aromatic carbocycles. The first-order valence-electron chi connectivity index (χ1n) is 5.90. The van der Waals surface area contributed by atoms with Gasteiger partial charge in [-0.05, 0) is 20.8 Å². The maximum atomic E-state index is 11.9. The Hall–Kier alpha value is -1.10. The number of carbonyl (C=O) groups is 2. The van der Waals surface area contributed by atoms with E-state index in [1.54, 1.807) is 0 Å². The maximum Gasteiger partial charge on any atom is 0.323 e. The van der Waals surface area contributed by atoms with Crippen LogP contribution in [0.3, 0.4) is 0 Å². The van der Waals surface area contributed by atoms with E-state index in [9.17, 15) is 9.59 Å². The molecule has 0 aliphatic carbocycles. The van der Waals surface area contributed by atoms with Crippen molar-refractivity contribution in [1.82, 2.24) is 10.2 Å². The fourth-order valence-electron chi connectivity index (χ4n) is 1.44. The number of hydrogen-bond donors (Lipinski definition) is 2. The second-order valence-electron chi connectivity index (χ2n) is 5.40. The molecule has 2 N–H and O–H groups in total. The molecule has 0 fully saturated rings. The average molecular weight is 244 g/mol. The molecule has 0 saturated heterocycles. The standard InChI is InChI=1S/C12H24N2O3/c1-9(2)13-7-6-10(15)14(8-11(16)17)12(3,4)5/h9,13H,6-8H2,1-5H3,(H,16,17). The Labute approximate surface area is 103 Å². The van der Waals surface area contributed by atoms with Crippen LogP contribution >= 0.6 is 0 Å². The van der Waals surface area contributed by atoms with Crippen molar-refractivity contribution in [3.05, 3.63) is 0 Å². The summed E-state index contributed by atoms with van der Waals surface area (Å²) in [5, 5.41) is 11.9. The van der Waals surface area contributed by atoms with Crippen molar-refractivity contribution in [3.8, 4) is 0 Å². The van der Waals surface area contributed by atoms with Crippen molar-refractivity contribution >= 4 is 11.9 Å². The van der Waals surface area contributed by atoms with Gasteiger partial charge in [0.2, 0.25) is 5.91 Å². The van der Waals surface area contributed by atoms with E-state index in [0.717, 1.165) is 0 Å². The van der Waals surface area contributed by atoms with E-state index in [4.69, 9.17) is 5.11 Å². The summed E-state index contributed by atoms with van der Waals surface area (Å²) in [4.78, 5) is 24.1. The van der Waals surface area contributed by atoms with E-state index in [-0.39, 0.29) is 12.5 Å². The molecule has 1 amide bonds. The van der Waals surface area contributed by atoms with Crippen molar-refractivity contribution in [2.45, 2.75) is 52.6 Å². The van der Waals surface area contributed by atoms with Gasteiger partial charge in [0.05, 0.1) is 0 Å². The number of carbonyl (C=O) groups excluding carboxylic acids is 1. The first-order chi connectivity index (χ1) is 7.64. The third-order valence-electron chi connectivity index (χ3n) is 2.30. The summed E-state index contributed by atoms with van der Waals surface area (Å²) in [6.45, 7) is 9.84. The summed E-state index contributed by atoms with van der Waals surface area (Å²) in [5.41, 5.74) is -0.465. The van der Waals surface area contributed by atoms with Gasteiger partial charge in [-0.2, -0.15) is 0 Å². The Balaban J connectivity index is 4.39. The van der Waals surface area contributed by atoms with Crippen LogP contribution < -0.4 is 5.32 Å². The van der Waals surface area contributed by atoms with Gasteiger partial charge in [0.15, 0.2) is 0 Å². The predicted molar refractivity (Wildman–Crippen MR) is 66.9 cm³/mol. The number of nitrogens with one attached hydrogen (secondary N) is 1. The van der Waals surface area contributed by atoms with Crippen LogP contribution in [0.25, 0.3) is 0 Å². The van der Waals surface area contributed by atoms with Crippen LogP contribution in [-0.2, 0) is 9.59 Å². The molecule has 100 valence electrons. The van der Waals surface area contributed by atoms with Crippen LogP contribution in [0.4, 0.5) is 0 Å². The Bertz CT molecular complexity index is 269. The molecule has 0 radical (unpaired) electrons. The minimum atomic E-state index is -0.981. The van der Waals surface area contributed by atoms with Gasteiger partial charge in [-0.25, -0.2) is 0 Å². The highest BCUT2D eigenvalue weighted by Crippen LogP contribution is 2.14. The number of carboxylic acids is 1. The van der Waals surface area contributed by atoms with Gasteiger partial charge >= 0.3 is 5.97 Å². The zero-order valence-corrected chi connectivity index (χ0v) is 11.4. The first kappa shape index (κ1) is 15.9. The molecule has 17 heavy (non-hydrogen) atoms. The molecule has 0 aromatic heterocycles. The smallest absolute Gasteiger partial charge is 0.323 e. The molecule has 0 rings (SSSR count). The predicted octanol–water partition coefficient (Wildman–Crippen LogP) is 1.09. The molecule has 0 aromatic rings. The molecular formula is C12H24N2O3. The van der Waals surface area contributed by atoms with Crippen molar-refractivity contribution in [2.75, 3.05) is 13.1 Å². The van der Waals surface area contributed by atoms with E-state index in [2.05, 4.69) is 5.32 Å². The Morgan fingerprint density at radius 2 is 1.82 bits per heavy atom. The number of hydrogen-bond acceptors (Lipinski definition) is 3. The zero-order chi connectivity index (χ0) is 13.6. The normalized spacial score (nSPS) is 11.6. The summed E-state index contributed by atoms with van der Waals surface area (Å²) in [6.07, 6.45) is 0.322. The lowest BCUT2D eigenvalue weighted by molar-refractivity contribution is -0.148. The fraction of sp³-hybridized carbons (Fsp3) is 0.833. The van der Waals surface area contributed by atoms with Crippen LogP contribution in [0.2, 0.25) is 0 Å². The second-order valence-corrected chi connectivity index (χ2v) is 5.40. The highest BCUT2D eigenvalue weighted by atomic mass is 16.4. The molecule has 0 saturated carbocycles. The molecule has 0 spiro atoms. The minimum absolute atomic E-state index is 0.131. The quantitative estimate of drug-likeness (QED) is 0.733. The van der Waals surface area contributed by atoms with Gasteiger partial charge in [0.1, 0.15) is 6.54 Å². The van der Waals surface area contributed by atoms with Gasteiger partial charge in [-0.1, -0.05) is 13.8 Å². The summed E-state index contributed by atoms with van der Waals surface area (Å²) < 4.78 is 0. The lowest BCUT2D eigenvalue weighted by Gasteiger charge is -2.34. The summed E-state index contributed by atoms with van der Waals surface area (Å²) in [6, 6.07) is 0.324. The molecule has 0 atom stereocenters. The Morgan fingerprint density at radius 1 is 1.29 bits per heavy atom. The van der Waals surface area contributed by atoms with Gasteiger partial charge in [0.25, 0.3) is 0 Å². The summed E-state index contributed by atoms with van der Waals surface area (Å²) in [5.74, 6) is -1.11. The largest absolute Gasteiger partial charge is 0.480 e. The van der Waals surface area contributed by atoms with Crippen molar-refractivity contribution < 1.29 is 14.7 Å². The lowest BCUT2D eigenvalue weighted by atomic mass is 10.1. The van der Waals surface area contributed by atoms with Gasteiger partial charge < -0.3 is 15.3 Å². The zero-order valence-electron chi connectivity index (χ0n) is 11.4. The molecule has 5 heteroatoms. The van der Waals surface area contributed by atoms with Crippen LogP contribution in [0.5, 0.6) is 0 Å². The summed E-state index contributed by atoms with van der Waals surface area (Å²) >= 11 is 0. The molecule has 0 aliphatic heterocycles. The van der Waals surface area contributed by atoms with E-state index in [1.807, 2.05) is 34.6 Å². The Morgan fingerprint density at radius 3 is 2.18 bits per heavy atom. The van der Waals surface area contributed by atoms with Gasteiger partial charge in [0, 0.05) is 24.5 Å². The van der Waals surface area contributed by atoms with Crippen molar-refractivity contribution in [3.63, 3.8) is 0 Å². The number of nitrogens with zero attached hydrogens (tertiary/aromatic N) is 1. The molecule has 0 heterocycles. The van der Waals surface area contributed by atoms with Gasteiger partial charge in [-0.15, -0.1) is 0 Å². The average Bonchev–Trinajstić information content (AvgIpc) is 2.11. The second kappa shape index (κ2) is 6.59. The van der Waals surface area contributed by atoms with Crippen LogP contribution in [-0.4, -0.2) is 46.6 Å². The van der Waals surface area contributed by atoms with Crippen LogP contribution in [0.15, 0.2) is 0 Å². The highest BCUT2D eigenvalue weighted by molar-refractivity contribution is 5.82. The molecular weight excluding hydrogens is 220 g/mol.